The van der Waals surface area contributed by atoms with Crippen LogP contribution in [0.1, 0.15) is 33.1 Å². The van der Waals surface area contributed by atoms with Gasteiger partial charge in [0.1, 0.15) is 0 Å². The van der Waals surface area contributed by atoms with E-state index >= 15 is 0 Å². The lowest BCUT2D eigenvalue weighted by molar-refractivity contribution is 0.367. The Balaban J connectivity index is 2.50. The standard InChI is InChI=1S/C8H16Si/c1-6(7(2)9)8-4-3-5-8/h8H,3-5H2,1-2,9H3. The first-order chi connectivity index (χ1) is 4.22. The second-order valence-electron chi connectivity index (χ2n) is 3.31. The fourth-order valence-electron chi connectivity index (χ4n) is 1.25. The van der Waals surface area contributed by atoms with Crippen LogP contribution in [0.25, 0.3) is 0 Å². The molecule has 0 spiro atoms. The van der Waals surface area contributed by atoms with Gasteiger partial charge in [0, 0.05) is 10.2 Å². The maximum atomic E-state index is 2.31. The van der Waals surface area contributed by atoms with Crippen molar-refractivity contribution in [2.75, 3.05) is 0 Å². The van der Waals surface area contributed by atoms with Crippen molar-refractivity contribution in [1.82, 2.24) is 0 Å². The summed E-state index contributed by atoms with van der Waals surface area (Å²) < 4.78 is 0. The molecular weight excluding hydrogens is 124 g/mol. The predicted molar refractivity (Wildman–Crippen MR) is 45.7 cm³/mol. The third-order valence-corrected chi connectivity index (χ3v) is 3.29. The molecule has 0 atom stereocenters. The van der Waals surface area contributed by atoms with Gasteiger partial charge in [0.25, 0.3) is 0 Å². The van der Waals surface area contributed by atoms with Crippen LogP contribution in [0.15, 0.2) is 10.8 Å². The van der Waals surface area contributed by atoms with Gasteiger partial charge in [0.15, 0.2) is 0 Å². The molecular formula is C8H16Si. The molecule has 1 fully saturated rings. The summed E-state index contributed by atoms with van der Waals surface area (Å²) in [5, 5.41) is 1.67. The van der Waals surface area contributed by atoms with Gasteiger partial charge in [0.2, 0.25) is 0 Å². The smallest absolute Gasteiger partial charge is 0.0328 e. The van der Waals surface area contributed by atoms with Crippen LogP contribution in [-0.2, 0) is 0 Å². The molecule has 0 N–H and O–H groups in total. The van der Waals surface area contributed by atoms with Crippen LogP contribution in [0.5, 0.6) is 0 Å². The van der Waals surface area contributed by atoms with Crippen LogP contribution in [0.4, 0.5) is 0 Å². The normalized spacial score (nSPS) is 23.3. The minimum atomic E-state index is 0.988. The largest absolute Gasteiger partial charge is 0.0956 e. The van der Waals surface area contributed by atoms with Gasteiger partial charge >= 0.3 is 0 Å². The molecule has 9 heavy (non-hydrogen) atoms. The first kappa shape index (κ1) is 7.07. The van der Waals surface area contributed by atoms with E-state index < -0.39 is 0 Å². The molecule has 0 bridgehead atoms. The first-order valence-corrected chi connectivity index (χ1v) is 4.86. The van der Waals surface area contributed by atoms with Crippen LogP contribution in [0.3, 0.4) is 0 Å². The Hall–Kier alpha value is -0.0431. The zero-order chi connectivity index (χ0) is 6.85. The highest BCUT2D eigenvalue weighted by molar-refractivity contribution is 6.21. The molecule has 52 valence electrons. The van der Waals surface area contributed by atoms with Crippen LogP contribution in [0.2, 0.25) is 0 Å². The summed E-state index contributed by atoms with van der Waals surface area (Å²) in [6.07, 6.45) is 4.40. The molecule has 1 heteroatoms. The van der Waals surface area contributed by atoms with E-state index in [1.54, 1.807) is 10.8 Å². The molecule has 1 aliphatic rings. The minimum Gasteiger partial charge on any atom is -0.0956 e. The van der Waals surface area contributed by atoms with E-state index in [-0.39, 0.29) is 0 Å². The lowest BCUT2D eigenvalue weighted by Gasteiger charge is -2.27. The molecule has 0 heterocycles. The van der Waals surface area contributed by atoms with Crippen LogP contribution in [-0.4, -0.2) is 10.2 Å². The van der Waals surface area contributed by atoms with Crippen molar-refractivity contribution in [3.63, 3.8) is 0 Å². The van der Waals surface area contributed by atoms with E-state index in [1.165, 1.54) is 29.5 Å². The quantitative estimate of drug-likeness (QED) is 0.484. The van der Waals surface area contributed by atoms with Gasteiger partial charge < -0.3 is 0 Å². The van der Waals surface area contributed by atoms with E-state index in [0.29, 0.717) is 0 Å². The van der Waals surface area contributed by atoms with Crippen molar-refractivity contribution in [2.24, 2.45) is 5.92 Å². The summed E-state index contributed by atoms with van der Waals surface area (Å²) in [5.41, 5.74) is 1.70. The topological polar surface area (TPSA) is 0 Å². The molecule has 0 amide bonds. The average Bonchev–Trinajstić information content (AvgIpc) is 1.60. The highest BCUT2D eigenvalue weighted by Gasteiger charge is 2.18. The molecule has 0 radical (unpaired) electrons. The third kappa shape index (κ3) is 1.45. The minimum absolute atomic E-state index is 0.988. The fourth-order valence-corrected chi connectivity index (χ4v) is 1.66. The van der Waals surface area contributed by atoms with E-state index in [2.05, 4.69) is 13.8 Å². The molecule has 0 nitrogen and oxygen atoms in total. The molecule has 0 unspecified atom stereocenters. The van der Waals surface area contributed by atoms with Crippen molar-refractivity contribution in [3.05, 3.63) is 10.8 Å². The SMILES string of the molecule is CC([SiH3])=C(C)C1CCC1. The highest BCUT2D eigenvalue weighted by atomic mass is 28.1. The summed E-state index contributed by atoms with van der Waals surface area (Å²) in [6.45, 7) is 4.59. The van der Waals surface area contributed by atoms with E-state index in [1.807, 2.05) is 0 Å². The maximum absolute atomic E-state index is 2.31. The monoisotopic (exact) mass is 140 g/mol. The summed E-state index contributed by atoms with van der Waals surface area (Å²) in [4.78, 5) is 0. The molecule has 0 saturated heterocycles. The van der Waals surface area contributed by atoms with Crippen molar-refractivity contribution in [3.8, 4) is 0 Å². The Kier molecular flexibility index (Phi) is 2.12. The van der Waals surface area contributed by atoms with Crippen LogP contribution >= 0.6 is 0 Å². The van der Waals surface area contributed by atoms with E-state index in [4.69, 9.17) is 0 Å². The van der Waals surface area contributed by atoms with Gasteiger partial charge in [-0.15, -0.1) is 0 Å². The van der Waals surface area contributed by atoms with E-state index in [9.17, 15) is 0 Å². The maximum Gasteiger partial charge on any atom is 0.0328 e. The molecule has 1 rings (SSSR count). The van der Waals surface area contributed by atoms with Gasteiger partial charge in [-0.25, -0.2) is 0 Å². The molecule has 0 aromatic heterocycles. The first-order valence-electron chi connectivity index (χ1n) is 3.86. The van der Waals surface area contributed by atoms with Crippen molar-refractivity contribution < 1.29 is 0 Å². The Morgan fingerprint density at radius 1 is 1.33 bits per heavy atom. The van der Waals surface area contributed by atoms with Gasteiger partial charge in [-0.1, -0.05) is 17.2 Å². The molecule has 0 aliphatic heterocycles. The van der Waals surface area contributed by atoms with Gasteiger partial charge in [-0.05, 0) is 32.6 Å². The summed E-state index contributed by atoms with van der Waals surface area (Å²) in [5.74, 6) is 0.988. The van der Waals surface area contributed by atoms with Crippen LogP contribution < -0.4 is 0 Å². The predicted octanol–water partition coefficient (Wildman–Crippen LogP) is 1.45. The second kappa shape index (κ2) is 2.69. The fraction of sp³-hybridized carbons (Fsp3) is 0.750. The molecule has 0 aromatic carbocycles. The lowest BCUT2D eigenvalue weighted by atomic mass is 9.80. The Morgan fingerprint density at radius 2 is 1.89 bits per heavy atom. The lowest BCUT2D eigenvalue weighted by Crippen LogP contribution is -2.13. The average molecular weight is 140 g/mol. The Labute approximate surface area is 60.8 Å². The molecule has 1 saturated carbocycles. The number of allylic oxidation sites excluding steroid dienone is 2. The summed E-state index contributed by atoms with van der Waals surface area (Å²) in [7, 11) is 1.27. The van der Waals surface area contributed by atoms with Gasteiger partial charge in [-0.3, -0.25) is 0 Å². The second-order valence-corrected chi connectivity index (χ2v) is 4.81. The zero-order valence-corrected chi connectivity index (χ0v) is 8.70. The van der Waals surface area contributed by atoms with Crippen molar-refractivity contribution >= 4 is 10.2 Å². The third-order valence-electron chi connectivity index (χ3n) is 2.51. The number of hydrogen-bond acceptors (Lipinski definition) is 0. The Bertz CT molecular complexity index is 128. The van der Waals surface area contributed by atoms with Gasteiger partial charge in [-0.2, -0.15) is 0 Å². The van der Waals surface area contributed by atoms with Crippen LogP contribution in [0, 0.1) is 5.92 Å². The zero-order valence-electron chi connectivity index (χ0n) is 6.70. The molecule has 1 aliphatic carbocycles. The summed E-state index contributed by atoms with van der Waals surface area (Å²) >= 11 is 0. The summed E-state index contributed by atoms with van der Waals surface area (Å²) in [6, 6.07) is 0. The van der Waals surface area contributed by atoms with E-state index in [0.717, 1.165) is 5.92 Å². The Morgan fingerprint density at radius 3 is 2.00 bits per heavy atom. The number of hydrogen-bond donors (Lipinski definition) is 0. The van der Waals surface area contributed by atoms with Crippen molar-refractivity contribution in [1.29, 1.82) is 0 Å². The molecule has 0 aromatic rings. The van der Waals surface area contributed by atoms with Gasteiger partial charge in [0.05, 0.1) is 0 Å². The highest BCUT2D eigenvalue weighted by Crippen LogP contribution is 2.33. The van der Waals surface area contributed by atoms with Crippen molar-refractivity contribution in [2.45, 2.75) is 33.1 Å². The number of rotatable bonds is 1.